The fourth-order valence-electron chi connectivity index (χ4n) is 1.67. The van der Waals surface area contributed by atoms with Crippen LogP contribution in [-0.2, 0) is 9.53 Å². The van der Waals surface area contributed by atoms with E-state index in [4.69, 9.17) is 16.3 Å². The number of benzene rings is 1. The average Bonchev–Trinajstić information content (AvgIpc) is 2.38. The van der Waals surface area contributed by atoms with E-state index >= 15 is 0 Å². The van der Waals surface area contributed by atoms with Crippen LogP contribution in [0.4, 0.5) is 0 Å². The van der Waals surface area contributed by atoms with E-state index in [1.807, 2.05) is 0 Å². The van der Waals surface area contributed by atoms with Crippen LogP contribution in [0.5, 0.6) is 5.75 Å². The summed E-state index contributed by atoms with van der Waals surface area (Å²) in [6, 6.07) is 3.91. The highest BCUT2D eigenvalue weighted by molar-refractivity contribution is 6.33. The van der Waals surface area contributed by atoms with Gasteiger partial charge in [0.05, 0.1) is 17.2 Å². The van der Waals surface area contributed by atoms with Crippen molar-refractivity contribution < 1.29 is 19.4 Å². The molecule has 0 aromatic heterocycles. The summed E-state index contributed by atoms with van der Waals surface area (Å²) >= 11 is 5.96. The molecular formula is C14H18ClNO4. The molecule has 0 aliphatic carbocycles. The van der Waals surface area contributed by atoms with E-state index in [0.29, 0.717) is 0 Å². The van der Waals surface area contributed by atoms with Gasteiger partial charge in [-0.2, -0.15) is 0 Å². The summed E-state index contributed by atoms with van der Waals surface area (Å²) in [5.74, 6) is -0.961. The molecule has 0 saturated heterocycles. The lowest BCUT2D eigenvalue weighted by atomic mass is 10.1. The molecule has 0 saturated carbocycles. The maximum absolute atomic E-state index is 12.4. The van der Waals surface area contributed by atoms with Crippen molar-refractivity contribution in [2.45, 2.75) is 26.8 Å². The number of hydrogen-bond acceptors (Lipinski definition) is 4. The first kappa shape index (κ1) is 16.3. The zero-order valence-corrected chi connectivity index (χ0v) is 12.5. The van der Waals surface area contributed by atoms with Gasteiger partial charge in [0.1, 0.15) is 12.3 Å². The van der Waals surface area contributed by atoms with Crippen LogP contribution in [-0.4, -0.2) is 41.1 Å². The van der Waals surface area contributed by atoms with Crippen LogP contribution in [0.2, 0.25) is 5.02 Å². The topological polar surface area (TPSA) is 66.8 Å². The second-order valence-corrected chi connectivity index (χ2v) is 4.90. The highest BCUT2D eigenvalue weighted by Crippen LogP contribution is 2.23. The van der Waals surface area contributed by atoms with Crippen molar-refractivity contribution in [2.75, 3.05) is 13.2 Å². The van der Waals surface area contributed by atoms with Gasteiger partial charge in [0.15, 0.2) is 0 Å². The van der Waals surface area contributed by atoms with Crippen molar-refractivity contribution >= 4 is 23.5 Å². The second kappa shape index (κ2) is 7.14. The summed E-state index contributed by atoms with van der Waals surface area (Å²) < 4.78 is 4.85. The molecule has 1 rings (SSSR count). The molecule has 0 spiro atoms. The van der Waals surface area contributed by atoms with Crippen LogP contribution in [0.15, 0.2) is 18.2 Å². The molecule has 1 amide bonds. The van der Waals surface area contributed by atoms with Gasteiger partial charge in [0.25, 0.3) is 5.91 Å². The lowest BCUT2D eigenvalue weighted by molar-refractivity contribution is -0.144. The van der Waals surface area contributed by atoms with Crippen molar-refractivity contribution in [1.29, 1.82) is 0 Å². The Balaban J connectivity index is 2.99. The molecule has 1 aromatic rings. The van der Waals surface area contributed by atoms with Gasteiger partial charge in [-0.1, -0.05) is 11.6 Å². The molecule has 0 aliphatic heterocycles. The Morgan fingerprint density at radius 3 is 2.60 bits per heavy atom. The molecule has 6 heteroatoms. The fraction of sp³-hybridized carbons (Fsp3) is 0.429. The monoisotopic (exact) mass is 299 g/mol. The smallest absolute Gasteiger partial charge is 0.325 e. The van der Waals surface area contributed by atoms with Crippen LogP contribution < -0.4 is 0 Å². The van der Waals surface area contributed by atoms with Crippen LogP contribution >= 0.6 is 11.6 Å². The summed E-state index contributed by atoms with van der Waals surface area (Å²) in [6.07, 6.45) is 0. The quantitative estimate of drug-likeness (QED) is 0.848. The highest BCUT2D eigenvalue weighted by Gasteiger charge is 2.24. The molecule has 0 bridgehead atoms. The Labute approximate surface area is 123 Å². The number of phenols is 1. The maximum atomic E-state index is 12.4. The number of nitrogens with zero attached hydrogens (tertiary/aromatic N) is 1. The van der Waals surface area contributed by atoms with E-state index < -0.39 is 11.9 Å². The third kappa shape index (κ3) is 4.13. The van der Waals surface area contributed by atoms with Crippen LogP contribution in [0.1, 0.15) is 31.1 Å². The zero-order chi connectivity index (χ0) is 15.3. The Hall–Kier alpha value is -1.75. The number of hydrogen-bond donors (Lipinski definition) is 1. The third-order valence-electron chi connectivity index (χ3n) is 2.67. The van der Waals surface area contributed by atoms with Gasteiger partial charge in [0, 0.05) is 6.04 Å². The van der Waals surface area contributed by atoms with E-state index in [-0.39, 0.29) is 35.5 Å². The minimum atomic E-state index is -0.481. The van der Waals surface area contributed by atoms with Gasteiger partial charge in [0.2, 0.25) is 0 Å². The molecule has 0 atom stereocenters. The predicted molar refractivity (Wildman–Crippen MR) is 75.9 cm³/mol. The average molecular weight is 300 g/mol. The summed E-state index contributed by atoms with van der Waals surface area (Å²) in [4.78, 5) is 25.3. The molecule has 0 unspecified atom stereocenters. The van der Waals surface area contributed by atoms with Crippen molar-refractivity contribution in [2.24, 2.45) is 0 Å². The number of phenolic OH excluding ortho intramolecular Hbond substituents is 1. The van der Waals surface area contributed by atoms with Crippen molar-refractivity contribution in [3.05, 3.63) is 28.8 Å². The molecule has 1 N–H and O–H groups in total. The normalized spacial score (nSPS) is 10.4. The summed E-state index contributed by atoms with van der Waals surface area (Å²) in [5, 5.41) is 9.68. The molecule has 110 valence electrons. The lowest BCUT2D eigenvalue weighted by Crippen LogP contribution is -2.41. The Morgan fingerprint density at radius 2 is 2.05 bits per heavy atom. The first-order chi connectivity index (χ1) is 9.36. The molecule has 5 nitrogen and oxygen atoms in total. The fourth-order valence-corrected chi connectivity index (χ4v) is 1.86. The van der Waals surface area contributed by atoms with Crippen LogP contribution in [0.3, 0.4) is 0 Å². The SMILES string of the molecule is CCOC(=O)CN(C(=O)c1cc(O)ccc1Cl)C(C)C. The zero-order valence-electron chi connectivity index (χ0n) is 11.7. The minimum absolute atomic E-state index is 0.0578. The second-order valence-electron chi connectivity index (χ2n) is 4.50. The number of esters is 1. The van der Waals surface area contributed by atoms with Gasteiger partial charge in [-0.15, -0.1) is 0 Å². The van der Waals surface area contributed by atoms with Gasteiger partial charge < -0.3 is 14.7 Å². The van der Waals surface area contributed by atoms with Crippen LogP contribution in [0.25, 0.3) is 0 Å². The predicted octanol–water partition coefficient (Wildman–Crippen LogP) is 2.46. The highest BCUT2D eigenvalue weighted by atomic mass is 35.5. The maximum Gasteiger partial charge on any atom is 0.325 e. The van der Waals surface area contributed by atoms with Crippen molar-refractivity contribution in [3.8, 4) is 5.75 Å². The van der Waals surface area contributed by atoms with Gasteiger partial charge >= 0.3 is 5.97 Å². The number of amides is 1. The molecule has 0 radical (unpaired) electrons. The summed E-state index contributed by atoms with van der Waals surface area (Å²) in [7, 11) is 0. The van der Waals surface area contributed by atoms with Crippen LogP contribution in [0, 0.1) is 0 Å². The minimum Gasteiger partial charge on any atom is -0.508 e. The molecule has 0 heterocycles. The Morgan fingerprint density at radius 1 is 1.40 bits per heavy atom. The van der Waals surface area contributed by atoms with Gasteiger partial charge in [-0.05, 0) is 39.0 Å². The standard InChI is InChI=1S/C14H18ClNO4/c1-4-20-13(18)8-16(9(2)3)14(19)11-7-10(17)5-6-12(11)15/h5-7,9,17H,4,8H2,1-3H3. The Bertz CT molecular complexity index is 502. The first-order valence-corrected chi connectivity index (χ1v) is 6.69. The van der Waals surface area contributed by atoms with E-state index in [9.17, 15) is 14.7 Å². The van der Waals surface area contributed by atoms with Crippen molar-refractivity contribution in [1.82, 2.24) is 4.90 Å². The third-order valence-corrected chi connectivity index (χ3v) is 3.00. The molecule has 1 aromatic carbocycles. The summed E-state index contributed by atoms with van der Waals surface area (Å²) in [5.41, 5.74) is 0.157. The van der Waals surface area contributed by atoms with Gasteiger partial charge in [-0.3, -0.25) is 9.59 Å². The largest absolute Gasteiger partial charge is 0.508 e. The van der Waals surface area contributed by atoms with E-state index in [1.54, 1.807) is 20.8 Å². The van der Waals surface area contributed by atoms with Crippen molar-refractivity contribution in [3.63, 3.8) is 0 Å². The molecule has 0 fully saturated rings. The molecule has 20 heavy (non-hydrogen) atoms. The lowest BCUT2D eigenvalue weighted by Gasteiger charge is -2.26. The van der Waals surface area contributed by atoms with E-state index in [2.05, 4.69) is 0 Å². The van der Waals surface area contributed by atoms with E-state index in [0.717, 1.165) is 0 Å². The Kier molecular flexibility index (Phi) is 5.82. The van der Waals surface area contributed by atoms with E-state index in [1.165, 1.54) is 23.1 Å². The number of halogens is 1. The number of carbonyl (C=O) groups is 2. The number of carbonyl (C=O) groups excluding carboxylic acids is 2. The molecule has 0 aliphatic rings. The summed E-state index contributed by atoms with van der Waals surface area (Å²) in [6.45, 7) is 5.37. The first-order valence-electron chi connectivity index (χ1n) is 6.32. The number of ether oxygens (including phenoxy) is 1. The van der Waals surface area contributed by atoms with Gasteiger partial charge in [-0.25, -0.2) is 0 Å². The number of aromatic hydroxyl groups is 1. The molecular weight excluding hydrogens is 282 g/mol. The number of rotatable bonds is 5.